The number of rotatable bonds is 9. The lowest BCUT2D eigenvalue weighted by atomic mass is 9.81. The van der Waals surface area contributed by atoms with Gasteiger partial charge in [0.2, 0.25) is 5.69 Å². The third-order valence-corrected chi connectivity index (χ3v) is 7.74. The van der Waals surface area contributed by atoms with E-state index in [-0.39, 0.29) is 29.7 Å². The summed E-state index contributed by atoms with van der Waals surface area (Å²) in [6.07, 6.45) is 13.7. The Bertz CT molecular complexity index is 1270. The molecule has 4 nitrogen and oxygen atoms in total. The van der Waals surface area contributed by atoms with Crippen LogP contribution in [0.4, 0.5) is 11.4 Å². The van der Waals surface area contributed by atoms with Gasteiger partial charge in [0, 0.05) is 47.5 Å². The van der Waals surface area contributed by atoms with Crippen LogP contribution < -0.4 is 17.3 Å². The van der Waals surface area contributed by atoms with E-state index in [1.54, 1.807) is 0 Å². The van der Waals surface area contributed by atoms with E-state index in [1.165, 1.54) is 33.9 Å². The van der Waals surface area contributed by atoms with E-state index in [4.69, 9.17) is 5.11 Å². The first-order valence-corrected chi connectivity index (χ1v) is 13.0. The summed E-state index contributed by atoms with van der Waals surface area (Å²) in [6, 6.07) is 17.3. The minimum Gasteiger partial charge on any atom is -1.00 e. The lowest BCUT2D eigenvalue weighted by molar-refractivity contribution is -0.401. The molecule has 2 aromatic carbocycles. The van der Waals surface area contributed by atoms with Crippen LogP contribution in [0.15, 0.2) is 84.6 Å². The van der Waals surface area contributed by atoms with Crippen molar-refractivity contribution < 1.29 is 26.9 Å². The lowest BCUT2D eigenvalue weighted by Crippen LogP contribution is -3.00. The maximum absolute atomic E-state index is 10.8. The van der Waals surface area contributed by atoms with Crippen molar-refractivity contribution in [2.24, 2.45) is 0 Å². The number of carboxylic acids is 1. The van der Waals surface area contributed by atoms with Gasteiger partial charge in [0.25, 0.3) is 0 Å². The number of benzene rings is 2. The zero-order valence-electron chi connectivity index (χ0n) is 22.7. The zero-order valence-corrected chi connectivity index (χ0v) is 23.4. The standard InChI is InChI=1S/C32H38N2O2.ClH/c1-31(2)24-16-11-13-18-26(24)33(5)28(31)20-8-6-9-21-29-32(3,4)25-17-12-14-19-27(25)34(29)23-15-7-10-22-30(35)36;/h6,8-9,11-14,16-21H,7,10,15,22-23H2,1-5H3;1H. The fourth-order valence-electron chi connectivity index (χ4n) is 5.76. The molecule has 0 bridgehead atoms. The highest BCUT2D eigenvalue weighted by Gasteiger charge is 2.42. The van der Waals surface area contributed by atoms with E-state index >= 15 is 0 Å². The second-order valence-electron chi connectivity index (χ2n) is 10.9. The van der Waals surface area contributed by atoms with Crippen molar-refractivity contribution in [1.29, 1.82) is 0 Å². The topological polar surface area (TPSA) is 43.5 Å². The third-order valence-electron chi connectivity index (χ3n) is 7.74. The Morgan fingerprint density at radius 2 is 1.57 bits per heavy atom. The molecule has 0 amide bonds. The number of unbranched alkanes of at least 4 members (excludes halogenated alkanes) is 2. The van der Waals surface area contributed by atoms with Gasteiger partial charge in [0.05, 0.1) is 5.41 Å². The van der Waals surface area contributed by atoms with Gasteiger partial charge in [-0.15, -0.1) is 0 Å². The minimum atomic E-state index is -0.712. The molecule has 0 fully saturated rings. The molecule has 2 aliphatic heterocycles. The number of hydrogen-bond acceptors (Lipinski definition) is 2. The van der Waals surface area contributed by atoms with Crippen LogP contribution in [-0.4, -0.2) is 35.0 Å². The van der Waals surface area contributed by atoms with Gasteiger partial charge in [-0.05, 0) is 44.4 Å². The number of para-hydroxylation sites is 2. The molecule has 2 aromatic rings. The average Bonchev–Trinajstić information content (AvgIpc) is 3.18. The largest absolute Gasteiger partial charge is 1.00 e. The van der Waals surface area contributed by atoms with Gasteiger partial charge < -0.3 is 22.4 Å². The van der Waals surface area contributed by atoms with Crippen molar-refractivity contribution in [1.82, 2.24) is 0 Å². The number of hydrogen-bond donors (Lipinski definition) is 1. The van der Waals surface area contributed by atoms with Gasteiger partial charge in [0.1, 0.15) is 7.05 Å². The van der Waals surface area contributed by atoms with Crippen molar-refractivity contribution in [3.63, 3.8) is 0 Å². The number of halogens is 1. The molecule has 196 valence electrons. The number of carbonyl (C=O) groups is 1. The highest BCUT2D eigenvalue weighted by atomic mass is 35.5. The van der Waals surface area contributed by atoms with Crippen LogP contribution in [0.25, 0.3) is 0 Å². The highest BCUT2D eigenvalue weighted by Crippen LogP contribution is 2.47. The van der Waals surface area contributed by atoms with Crippen LogP contribution in [0.5, 0.6) is 0 Å². The SMILES string of the molecule is C[N+]1=C(C=CC=CC=C2N(CCCCCC(=O)O)c3ccccc3C2(C)C)C(C)(C)c2ccccc21.[Cl-]. The molecule has 2 heterocycles. The van der Waals surface area contributed by atoms with Gasteiger partial charge >= 0.3 is 5.97 Å². The molecular formula is C32H39ClN2O2. The van der Waals surface area contributed by atoms with Gasteiger partial charge in [-0.1, -0.05) is 74.9 Å². The number of anilines is 1. The number of carboxylic acid groups (broad SMARTS) is 1. The summed E-state index contributed by atoms with van der Waals surface area (Å²) in [7, 11) is 2.14. The number of fused-ring (bicyclic) bond motifs is 2. The third kappa shape index (κ3) is 5.60. The van der Waals surface area contributed by atoms with Crippen molar-refractivity contribution in [2.75, 3.05) is 18.5 Å². The molecule has 0 aliphatic carbocycles. The Kier molecular flexibility index (Phi) is 8.86. The van der Waals surface area contributed by atoms with Crippen molar-refractivity contribution >= 4 is 23.1 Å². The monoisotopic (exact) mass is 518 g/mol. The minimum absolute atomic E-state index is 0. The first-order valence-electron chi connectivity index (χ1n) is 13.0. The second kappa shape index (κ2) is 11.5. The molecule has 0 radical (unpaired) electrons. The number of aliphatic carboxylic acids is 1. The maximum Gasteiger partial charge on any atom is 0.303 e. The Labute approximate surface area is 228 Å². The summed E-state index contributed by atoms with van der Waals surface area (Å²) in [5.74, 6) is -0.712. The van der Waals surface area contributed by atoms with Crippen LogP contribution in [-0.2, 0) is 15.6 Å². The first-order chi connectivity index (χ1) is 17.2. The van der Waals surface area contributed by atoms with E-state index < -0.39 is 5.97 Å². The number of allylic oxidation sites excluding steroid dienone is 6. The molecule has 2 aliphatic rings. The Balaban J connectivity index is 0.00000380. The molecule has 37 heavy (non-hydrogen) atoms. The normalized spacial score (nSPS) is 18.5. The second-order valence-corrected chi connectivity index (χ2v) is 10.9. The van der Waals surface area contributed by atoms with Crippen molar-refractivity contribution in [3.8, 4) is 0 Å². The summed E-state index contributed by atoms with van der Waals surface area (Å²) < 4.78 is 2.29. The van der Waals surface area contributed by atoms with Crippen LogP contribution in [0.2, 0.25) is 0 Å². The van der Waals surface area contributed by atoms with Gasteiger partial charge in [-0.2, -0.15) is 4.58 Å². The fraction of sp³-hybridized carbons (Fsp3) is 0.375. The predicted molar refractivity (Wildman–Crippen MR) is 150 cm³/mol. The van der Waals surface area contributed by atoms with E-state index in [1.807, 2.05) is 0 Å². The van der Waals surface area contributed by atoms with E-state index in [9.17, 15) is 4.79 Å². The lowest BCUT2D eigenvalue weighted by Gasteiger charge is -2.27. The molecule has 4 rings (SSSR count). The van der Waals surface area contributed by atoms with Gasteiger partial charge in [-0.3, -0.25) is 4.79 Å². The molecular weight excluding hydrogens is 480 g/mol. The van der Waals surface area contributed by atoms with E-state index in [2.05, 4.69) is 123 Å². The molecule has 0 aromatic heterocycles. The highest BCUT2D eigenvalue weighted by molar-refractivity contribution is 6.03. The molecule has 0 atom stereocenters. The number of nitrogens with zero attached hydrogens (tertiary/aromatic N) is 2. The summed E-state index contributed by atoms with van der Waals surface area (Å²) in [6.45, 7) is 10.0. The Morgan fingerprint density at radius 1 is 0.892 bits per heavy atom. The smallest absolute Gasteiger partial charge is 0.303 e. The quantitative estimate of drug-likeness (QED) is 0.308. The predicted octanol–water partition coefficient (Wildman–Crippen LogP) is 4.14. The zero-order chi connectivity index (χ0) is 25.9. The van der Waals surface area contributed by atoms with Crippen LogP contribution in [0, 0.1) is 0 Å². The van der Waals surface area contributed by atoms with Crippen molar-refractivity contribution in [3.05, 3.63) is 95.7 Å². The molecule has 0 saturated carbocycles. The van der Waals surface area contributed by atoms with Crippen LogP contribution >= 0.6 is 0 Å². The summed E-state index contributed by atoms with van der Waals surface area (Å²) in [5, 5.41) is 8.93. The van der Waals surface area contributed by atoms with Crippen LogP contribution in [0.3, 0.4) is 0 Å². The molecule has 1 N–H and O–H groups in total. The summed E-state index contributed by atoms with van der Waals surface area (Å²) in [4.78, 5) is 13.3. The molecule has 0 unspecified atom stereocenters. The van der Waals surface area contributed by atoms with Crippen LogP contribution in [0.1, 0.15) is 64.5 Å². The summed E-state index contributed by atoms with van der Waals surface area (Å²) in [5.41, 5.74) is 7.70. The first kappa shape index (κ1) is 28.5. The van der Waals surface area contributed by atoms with Gasteiger partial charge in [-0.25, -0.2) is 0 Å². The molecule has 5 heteroatoms. The fourth-order valence-corrected chi connectivity index (χ4v) is 5.76. The van der Waals surface area contributed by atoms with E-state index in [0.717, 1.165) is 25.8 Å². The molecule has 0 saturated heterocycles. The summed E-state index contributed by atoms with van der Waals surface area (Å²) >= 11 is 0. The average molecular weight is 519 g/mol. The van der Waals surface area contributed by atoms with Gasteiger partial charge in [0.15, 0.2) is 5.71 Å². The van der Waals surface area contributed by atoms with Crippen molar-refractivity contribution in [2.45, 2.75) is 64.2 Å². The Morgan fingerprint density at radius 3 is 2.27 bits per heavy atom. The molecule has 0 spiro atoms. The van der Waals surface area contributed by atoms with E-state index in [0.29, 0.717) is 0 Å². The maximum atomic E-state index is 10.8. The Hall–Kier alpha value is -3.11.